The number of benzene rings is 3. The Labute approximate surface area is 140 Å². The summed E-state index contributed by atoms with van der Waals surface area (Å²) in [6, 6.07) is 18.8. The third-order valence-electron chi connectivity index (χ3n) is 3.80. The van der Waals surface area contributed by atoms with Crippen LogP contribution in [0.4, 0.5) is 5.69 Å². The number of hydrogen-bond acceptors (Lipinski definition) is 3. The number of fused-ring (bicyclic) bond motifs is 1. The minimum absolute atomic E-state index is 0.144. The lowest BCUT2D eigenvalue weighted by molar-refractivity contribution is 0.102. The van der Waals surface area contributed by atoms with Crippen molar-refractivity contribution in [3.8, 4) is 5.75 Å². The lowest BCUT2D eigenvalue weighted by Crippen LogP contribution is -2.12. The number of anilines is 1. The van der Waals surface area contributed by atoms with Gasteiger partial charge in [-0.25, -0.2) is 0 Å². The van der Waals surface area contributed by atoms with Crippen LogP contribution in [-0.4, -0.2) is 17.6 Å². The molecule has 0 spiro atoms. The third-order valence-corrected chi connectivity index (χ3v) is 3.80. The number of rotatable bonds is 5. The van der Waals surface area contributed by atoms with Crippen molar-refractivity contribution in [1.82, 2.24) is 0 Å². The van der Waals surface area contributed by atoms with E-state index in [2.05, 4.69) is 5.32 Å². The Morgan fingerprint density at radius 1 is 1.04 bits per heavy atom. The highest BCUT2D eigenvalue weighted by Crippen LogP contribution is 2.24. The first-order chi connectivity index (χ1) is 11.7. The highest BCUT2D eigenvalue weighted by molar-refractivity contribution is 6.06. The first-order valence-corrected chi connectivity index (χ1v) is 7.88. The number of ether oxygens (including phenoxy) is 1. The monoisotopic (exact) mass is 321 g/mol. The van der Waals surface area contributed by atoms with E-state index in [0.717, 1.165) is 10.8 Å². The number of hydrogen-bond donors (Lipinski definition) is 2. The van der Waals surface area contributed by atoms with Gasteiger partial charge < -0.3 is 15.2 Å². The predicted molar refractivity (Wildman–Crippen MR) is 95.4 cm³/mol. The Morgan fingerprint density at radius 3 is 2.58 bits per heavy atom. The normalized spacial score (nSPS) is 10.6. The second-order valence-electron chi connectivity index (χ2n) is 5.43. The SMILES string of the molecule is CCOc1ccc(NC(=O)c2ccc3ccccc3c2)cc1CO. The summed E-state index contributed by atoms with van der Waals surface area (Å²) in [7, 11) is 0. The molecule has 3 aromatic carbocycles. The van der Waals surface area contributed by atoms with Gasteiger partial charge in [-0.05, 0) is 48.0 Å². The van der Waals surface area contributed by atoms with E-state index in [9.17, 15) is 9.90 Å². The fourth-order valence-corrected chi connectivity index (χ4v) is 2.61. The fourth-order valence-electron chi connectivity index (χ4n) is 2.61. The molecule has 1 amide bonds. The molecule has 0 bridgehead atoms. The first kappa shape index (κ1) is 16.0. The second-order valence-corrected chi connectivity index (χ2v) is 5.43. The molecule has 0 saturated carbocycles. The van der Waals surface area contributed by atoms with Gasteiger partial charge in [0.2, 0.25) is 0 Å². The Hall–Kier alpha value is -2.85. The topological polar surface area (TPSA) is 58.6 Å². The van der Waals surface area contributed by atoms with Gasteiger partial charge in [0.25, 0.3) is 5.91 Å². The molecule has 0 aliphatic heterocycles. The van der Waals surface area contributed by atoms with Crippen LogP contribution in [0.5, 0.6) is 5.75 Å². The van der Waals surface area contributed by atoms with E-state index in [1.54, 1.807) is 24.3 Å². The molecule has 0 radical (unpaired) electrons. The lowest BCUT2D eigenvalue weighted by atomic mass is 10.1. The maximum absolute atomic E-state index is 12.5. The molecule has 0 fully saturated rings. The molecule has 0 unspecified atom stereocenters. The zero-order chi connectivity index (χ0) is 16.9. The van der Waals surface area contributed by atoms with E-state index >= 15 is 0 Å². The number of carbonyl (C=O) groups excluding carboxylic acids is 1. The van der Waals surface area contributed by atoms with E-state index in [0.29, 0.717) is 29.2 Å². The van der Waals surface area contributed by atoms with E-state index < -0.39 is 0 Å². The summed E-state index contributed by atoms with van der Waals surface area (Å²) in [5.41, 5.74) is 1.86. The fraction of sp³-hybridized carbons (Fsp3) is 0.150. The number of amides is 1. The van der Waals surface area contributed by atoms with Crippen molar-refractivity contribution in [2.45, 2.75) is 13.5 Å². The molecule has 0 aliphatic rings. The Bertz CT molecular complexity index is 874. The summed E-state index contributed by atoms with van der Waals surface area (Å²) >= 11 is 0. The van der Waals surface area contributed by atoms with Crippen molar-refractivity contribution in [2.24, 2.45) is 0 Å². The number of nitrogens with one attached hydrogen (secondary N) is 1. The van der Waals surface area contributed by atoms with Gasteiger partial charge in [0, 0.05) is 16.8 Å². The van der Waals surface area contributed by atoms with Crippen LogP contribution in [0.25, 0.3) is 10.8 Å². The van der Waals surface area contributed by atoms with Crippen molar-refractivity contribution in [2.75, 3.05) is 11.9 Å². The van der Waals surface area contributed by atoms with Crippen molar-refractivity contribution in [1.29, 1.82) is 0 Å². The van der Waals surface area contributed by atoms with Crippen molar-refractivity contribution in [3.63, 3.8) is 0 Å². The Balaban J connectivity index is 1.82. The van der Waals surface area contributed by atoms with Crippen LogP contribution < -0.4 is 10.1 Å². The summed E-state index contributed by atoms with van der Waals surface area (Å²) in [5, 5.41) is 14.4. The Kier molecular flexibility index (Phi) is 4.77. The van der Waals surface area contributed by atoms with E-state index in [1.807, 2.05) is 43.3 Å². The van der Waals surface area contributed by atoms with Gasteiger partial charge in [0.05, 0.1) is 13.2 Å². The van der Waals surface area contributed by atoms with Crippen LogP contribution in [0.3, 0.4) is 0 Å². The van der Waals surface area contributed by atoms with Crippen LogP contribution in [0.15, 0.2) is 60.7 Å². The molecule has 24 heavy (non-hydrogen) atoms. The molecular formula is C20H19NO3. The van der Waals surface area contributed by atoms with Crippen LogP contribution in [0.2, 0.25) is 0 Å². The van der Waals surface area contributed by atoms with E-state index in [1.165, 1.54) is 0 Å². The highest BCUT2D eigenvalue weighted by atomic mass is 16.5. The molecule has 3 aromatic rings. The van der Waals surface area contributed by atoms with Gasteiger partial charge in [-0.2, -0.15) is 0 Å². The third kappa shape index (κ3) is 3.39. The van der Waals surface area contributed by atoms with Crippen molar-refractivity contribution in [3.05, 3.63) is 71.8 Å². The first-order valence-electron chi connectivity index (χ1n) is 7.88. The predicted octanol–water partition coefficient (Wildman–Crippen LogP) is 3.98. The van der Waals surface area contributed by atoms with Crippen LogP contribution in [0, 0.1) is 0 Å². The van der Waals surface area contributed by atoms with Crippen molar-refractivity contribution < 1.29 is 14.6 Å². The summed E-state index contributed by atoms with van der Waals surface area (Å²) in [4.78, 5) is 12.5. The lowest BCUT2D eigenvalue weighted by Gasteiger charge is -2.11. The quantitative estimate of drug-likeness (QED) is 0.747. The largest absolute Gasteiger partial charge is 0.494 e. The highest BCUT2D eigenvalue weighted by Gasteiger charge is 2.09. The van der Waals surface area contributed by atoms with Crippen molar-refractivity contribution >= 4 is 22.4 Å². The number of aliphatic hydroxyl groups is 1. The molecule has 0 aromatic heterocycles. The molecule has 0 heterocycles. The maximum atomic E-state index is 12.5. The molecule has 0 saturated heterocycles. The average Bonchev–Trinajstić information content (AvgIpc) is 2.62. The molecule has 0 aliphatic carbocycles. The molecule has 122 valence electrons. The maximum Gasteiger partial charge on any atom is 0.255 e. The second kappa shape index (κ2) is 7.15. The summed E-state index contributed by atoms with van der Waals surface area (Å²) < 4.78 is 5.45. The smallest absolute Gasteiger partial charge is 0.255 e. The summed E-state index contributed by atoms with van der Waals surface area (Å²) in [5.74, 6) is 0.442. The minimum atomic E-state index is -0.186. The molecule has 4 nitrogen and oxygen atoms in total. The van der Waals surface area contributed by atoms with Gasteiger partial charge >= 0.3 is 0 Å². The van der Waals surface area contributed by atoms with Gasteiger partial charge in [-0.3, -0.25) is 4.79 Å². The Morgan fingerprint density at radius 2 is 1.83 bits per heavy atom. The van der Waals surface area contributed by atoms with Crippen LogP contribution in [-0.2, 0) is 6.61 Å². The average molecular weight is 321 g/mol. The van der Waals surface area contributed by atoms with Gasteiger partial charge in [0.15, 0.2) is 0 Å². The summed E-state index contributed by atoms with van der Waals surface area (Å²) in [6.07, 6.45) is 0. The minimum Gasteiger partial charge on any atom is -0.494 e. The number of aliphatic hydroxyl groups excluding tert-OH is 1. The molecule has 3 rings (SSSR count). The zero-order valence-electron chi connectivity index (χ0n) is 13.5. The van der Waals surface area contributed by atoms with Crippen LogP contribution in [0.1, 0.15) is 22.8 Å². The van der Waals surface area contributed by atoms with Gasteiger partial charge in [0.1, 0.15) is 5.75 Å². The standard InChI is InChI=1S/C20H19NO3/c1-2-24-19-10-9-18(12-17(19)13-22)21-20(23)16-8-7-14-5-3-4-6-15(14)11-16/h3-12,22H,2,13H2,1H3,(H,21,23). The van der Waals surface area contributed by atoms with Gasteiger partial charge in [-0.1, -0.05) is 30.3 Å². The summed E-state index contributed by atoms with van der Waals surface area (Å²) in [6.45, 7) is 2.27. The van der Waals surface area contributed by atoms with Gasteiger partial charge in [-0.15, -0.1) is 0 Å². The zero-order valence-corrected chi connectivity index (χ0v) is 13.5. The van der Waals surface area contributed by atoms with E-state index in [4.69, 9.17) is 4.74 Å². The molecule has 0 atom stereocenters. The van der Waals surface area contributed by atoms with E-state index in [-0.39, 0.29) is 12.5 Å². The molecule has 4 heteroatoms. The molecular weight excluding hydrogens is 302 g/mol. The van der Waals surface area contributed by atoms with Crippen LogP contribution >= 0.6 is 0 Å². The number of carbonyl (C=O) groups is 1. The molecule has 2 N–H and O–H groups in total.